The maximum atomic E-state index is 6.41. The summed E-state index contributed by atoms with van der Waals surface area (Å²) in [7, 11) is 0. The summed E-state index contributed by atoms with van der Waals surface area (Å²) in [5, 5.41) is 5.81. The second-order valence-electron chi connectivity index (χ2n) is 8.88. The van der Waals surface area contributed by atoms with E-state index < -0.39 is 0 Å². The maximum absolute atomic E-state index is 6.41. The van der Waals surface area contributed by atoms with Crippen LogP contribution >= 0.6 is 0 Å². The van der Waals surface area contributed by atoms with Crippen molar-refractivity contribution in [1.82, 2.24) is 14.1 Å². The first-order valence-corrected chi connectivity index (χ1v) is 11.7. The minimum absolute atomic E-state index is 0.819. The van der Waals surface area contributed by atoms with Crippen LogP contribution < -0.4 is 0 Å². The summed E-state index contributed by atoms with van der Waals surface area (Å²) < 4.78 is 10.9. The minimum atomic E-state index is 0.819. The van der Waals surface area contributed by atoms with E-state index in [1.807, 2.05) is 24.4 Å². The summed E-state index contributed by atoms with van der Waals surface area (Å²) in [6.07, 6.45) is 1.84. The number of hydrogen-bond donors (Lipinski definition) is 0. The Labute approximate surface area is 200 Å². The van der Waals surface area contributed by atoms with Crippen molar-refractivity contribution in [2.45, 2.75) is 0 Å². The Morgan fingerprint density at radius 1 is 0.543 bits per heavy atom. The number of benzene rings is 4. The first kappa shape index (κ1) is 18.6. The average molecular weight is 450 g/mol. The molecule has 0 saturated carbocycles. The molecule has 0 amide bonds. The largest absolute Gasteiger partial charge is 0.439 e. The van der Waals surface area contributed by atoms with Crippen LogP contribution in [0.2, 0.25) is 0 Å². The van der Waals surface area contributed by atoms with Crippen LogP contribution in [0.25, 0.3) is 66.3 Å². The lowest BCUT2D eigenvalue weighted by Crippen LogP contribution is -1.99. The monoisotopic (exact) mass is 449 g/mol. The van der Waals surface area contributed by atoms with E-state index >= 15 is 0 Å². The lowest BCUT2D eigenvalue weighted by molar-refractivity contribution is 0.645. The Morgan fingerprint density at radius 2 is 1.17 bits per heavy atom. The topological polar surface area (TPSA) is 35.9 Å². The summed E-state index contributed by atoms with van der Waals surface area (Å²) in [5.41, 5.74) is 7.09. The van der Waals surface area contributed by atoms with Gasteiger partial charge in [-0.1, -0.05) is 60.7 Å². The molecule has 35 heavy (non-hydrogen) atoms. The third kappa shape index (κ3) is 2.48. The molecule has 4 nitrogen and oxygen atoms in total. The number of furan rings is 1. The third-order valence-electron chi connectivity index (χ3n) is 6.97. The van der Waals surface area contributed by atoms with Gasteiger partial charge in [0.25, 0.3) is 0 Å². The number of nitrogens with zero attached hydrogens (tertiary/aromatic N) is 3. The van der Waals surface area contributed by atoms with Crippen LogP contribution in [0.15, 0.2) is 120 Å². The predicted molar refractivity (Wildman–Crippen MR) is 143 cm³/mol. The van der Waals surface area contributed by atoms with Gasteiger partial charge in [0.2, 0.25) is 5.71 Å². The third-order valence-corrected chi connectivity index (χ3v) is 6.97. The molecule has 4 aromatic carbocycles. The maximum Gasteiger partial charge on any atom is 0.215 e. The number of para-hydroxylation sites is 3. The van der Waals surface area contributed by atoms with Crippen molar-refractivity contribution >= 4 is 54.9 Å². The van der Waals surface area contributed by atoms with Gasteiger partial charge >= 0.3 is 0 Å². The number of fused-ring (bicyclic) bond motifs is 8. The van der Waals surface area contributed by atoms with Crippen molar-refractivity contribution in [3.63, 3.8) is 0 Å². The molecule has 0 fully saturated rings. The molecule has 0 saturated heterocycles. The zero-order valence-electron chi connectivity index (χ0n) is 18.7. The van der Waals surface area contributed by atoms with E-state index in [1.54, 1.807) is 0 Å². The number of rotatable bonds is 2. The van der Waals surface area contributed by atoms with Crippen molar-refractivity contribution in [2.75, 3.05) is 0 Å². The zero-order valence-corrected chi connectivity index (χ0v) is 18.7. The van der Waals surface area contributed by atoms with Gasteiger partial charge in [-0.25, -0.2) is 4.98 Å². The molecule has 164 valence electrons. The molecular weight excluding hydrogens is 430 g/mol. The van der Waals surface area contributed by atoms with Crippen LogP contribution in [-0.4, -0.2) is 14.1 Å². The Kier molecular flexibility index (Phi) is 3.63. The summed E-state index contributed by atoms with van der Waals surface area (Å²) >= 11 is 0. The summed E-state index contributed by atoms with van der Waals surface area (Å²) in [6.45, 7) is 0. The van der Waals surface area contributed by atoms with Gasteiger partial charge in [0.1, 0.15) is 11.2 Å². The van der Waals surface area contributed by atoms with Gasteiger partial charge in [-0.05, 0) is 48.5 Å². The second-order valence-corrected chi connectivity index (χ2v) is 8.88. The summed E-state index contributed by atoms with van der Waals surface area (Å²) in [4.78, 5) is 4.76. The normalized spacial score (nSPS) is 12.0. The highest BCUT2D eigenvalue weighted by Gasteiger charge is 2.20. The molecule has 8 rings (SSSR count). The van der Waals surface area contributed by atoms with E-state index in [0.717, 1.165) is 44.5 Å². The molecular formula is C31H19N3O. The Balaban J connectivity index is 1.46. The SMILES string of the molecule is c1cc(-n2c3ccccc3c3ccccc32)cc(-n2c3ncccc3c3c4ccccc4oc32)c1. The molecule has 4 heterocycles. The molecule has 0 spiro atoms. The van der Waals surface area contributed by atoms with Crippen molar-refractivity contribution < 1.29 is 4.42 Å². The van der Waals surface area contributed by atoms with E-state index in [-0.39, 0.29) is 0 Å². The van der Waals surface area contributed by atoms with E-state index in [4.69, 9.17) is 9.40 Å². The Bertz CT molecular complexity index is 2020. The lowest BCUT2D eigenvalue weighted by Gasteiger charge is -2.11. The highest BCUT2D eigenvalue weighted by molar-refractivity contribution is 6.19. The van der Waals surface area contributed by atoms with Gasteiger partial charge in [0.05, 0.1) is 22.1 Å². The molecule has 0 aliphatic rings. The lowest BCUT2D eigenvalue weighted by atomic mass is 10.1. The van der Waals surface area contributed by atoms with Gasteiger partial charge < -0.3 is 8.98 Å². The number of hydrogen-bond acceptors (Lipinski definition) is 2. The smallest absolute Gasteiger partial charge is 0.215 e. The zero-order chi connectivity index (χ0) is 22.9. The molecule has 4 aromatic heterocycles. The molecule has 0 radical (unpaired) electrons. The summed E-state index contributed by atoms with van der Waals surface area (Å²) in [6, 6.07) is 38.1. The predicted octanol–water partition coefficient (Wildman–Crippen LogP) is 8.02. The quantitative estimate of drug-likeness (QED) is 0.268. The van der Waals surface area contributed by atoms with Gasteiger partial charge in [-0.2, -0.15) is 0 Å². The van der Waals surface area contributed by atoms with Crippen LogP contribution in [0.4, 0.5) is 0 Å². The van der Waals surface area contributed by atoms with Crippen LogP contribution in [0.1, 0.15) is 0 Å². The fourth-order valence-electron chi connectivity index (χ4n) is 5.53. The standard InChI is InChI=1S/C31H19N3O/c1-4-15-26-22(11-1)23-12-2-5-16-27(23)33(26)20-9-7-10-21(19-20)34-30-25(14-8-18-32-30)29-24-13-3-6-17-28(24)35-31(29)34/h1-19H. The minimum Gasteiger partial charge on any atom is -0.439 e. The van der Waals surface area contributed by atoms with Crippen LogP contribution in [0.3, 0.4) is 0 Å². The van der Waals surface area contributed by atoms with Crippen molar-refractivity contribution in [1.29, 1.82) is 0 Å². The van der Waals surface area contributed by atoms with Crippen LogP contribution in [0.5, 0.6) is 0 Å². The number of pyridine rings is 1. The fourth-order valence-corrected chi connectivity index (χ4v) is 5.53. The molecule has 8 aromatic rings. The van der Waals surface area contributed by atoms with Gasteiger partial charge in [0.15, 0.2) is 0 Å². The molecule has 0 unspecified atom stereocenters. The average Bonchev–Trinajstić information content (AvgIpc) is 3.55. The summed E-state index contributed by atoms with van der Waals surface area (Å²) in [5.74, 6) is 0. The molecule has 0 bridgehead atoms. The molecule has 0 aliphatic heterocycles. The van der Waals surface area contributed by atoms with Gasteiger partial charge in [-0.3, -0.25) is 4.57 Å². The number of aromatic nitrogens is 3. The van der Waals surface area contributed by atoms with E-state index in [2.05, 4.69) is 100 Å². The van der Waals surface area contributed by atoms with Gasteiger partial charge in [0, 0.05) is 33.4 Å². The molecule has 0 atom stereocenters. The first-order chi connectivity index (χ1) is 17.4. The Morgan fingerprint density at radius 3 is 1.94 bits per heavy atom. The highest BCUT2D eigenvalue weighted by atomic mass is 16.3. The fraction of sp³-hybridized carbons (Fsp3) is 0. The first-order valence-electron chi connectivity index (χ1n) is 11.7. The molecule has 4 heteroatoms. The Hall–Kier alpha value is -4.83. The van der Waals surface area contributed by atoms with E-state index in [1.165, 1.54) is 21.8 Å². The van der Waals surface area contributed by atoms with E-state index in [0.29, 0.717) is 0 Å². The van der Waals surface area contributed by atoms with Crippen LogP contribution in [-0.2, 0) is 0 Å². The molecule has 0 N–H and O–H groups in total. The highest BCUT2D eigenvalue weighted by Crippen LogP contribution is 2.39. The van der Waals surface area contributed by atoms with E-state index in [9.17, 15) is 0 Å². The molecule has 0 aliphatic carbocycles. The second kappa shape index (κ2) is 6.84. The van der Waals surface area contributed by atoms with Gasteiger partial charge in [-0.15, -0.1) is 0 Å². The van der Waals surface area contributed by atoms with Crippen molar-refractivity contribution in [3.05, 3.63) is 115 Å². The van der Waals surface area contributed by atoms with Crippen LogP contribution in [0, 0.1) is 0 Å². The van der Waals surface area contributed by atoms with Crippen molar-refractivity contribution in [2.24, 2.45) is 0 Å². The van der Waals surface area contributed by atoms with Crippen molar-refractivity contribution in [3.8, 4) is 11.4 Å².